The number of esters is 1. The number of aromatic nitrogens is 2. The Labute approximate surface area is 119 Å². The number of aryl methyl sites for hydroxylation is 2. The van der Waals surface area contributed by atoms with Crippen LogP contribution in [0.3, 0.4) is 0 Å². The number of nitrogens with zero attached hydrogens (tertiary/aromatic N) is 2. The highest BCUT2D eigenvalue weighted by Gasteiger charge is 2.10. The Morgan fingerprint density at radius 1 is 1.30 bits per heavy atom. The molecule has 4 heteroatoms. The summed E-state index contributed by atoms with van der Waals surface area (Å²) >= 11 is 0. The molecule has 108 valence electrons. The quantitative estimate of drug-likeness (QED) is 0.727. The van der Waals surface area contributed by atoms with Crippen molar-refractivity contribution in [3.05, 3.63) is 30.1 Å². The van der Waals surface area contributed by atoms with Crippen molar-refractivity contribution in [1.82, 2.24) is 9.55 Å². The van der Waals surface area contributed by atoms with Gasteiger partial charge in [-0.1, -0.05) is 19.1 Å². The molecule has 2 rings (SSSR count). The van der Waals surface area contributed by atoms with Crippen molar-refractivity contribution in [2.75, 3.05) is 6.61 Å². The highest BCUT2D eigenvalue weighted by atomic mass is 16.5. The third-order valence-electron chi connectivity index (χ3n) is 3.28. The molecule has 0 N–H and O–H groups in total. The van der Waals surface area contributed by atoms with Crippen LogP contribution in [0, 0.1) is 0 Å². The predicted molar refractivity (Wildman–Crippen MR) is 79.6 cm³/mol. The first kappa shape index (κ1) is 14.6. The van der Waals surface area contributed by atoms with Gasteiger partial charge in [-0.15, -0.1) is 0 Å². The van der Waals surface area contributed by atoms with E-state index in [0.29, 0.717) is 13.0 Å². The molecule has 0 spiro atoms. The average molecular weight is 274 g/mol. The zero-order valence-electron chi connectivity index (χ0n) is 12.3. The van der Waals surface area contributed by atoms with Crippen molar-refractivity contribution >= 4 is 17.0 Å². The number of ether oxygens (including phenoxy) is 1. The Morgan fingerprint density at radius 2 is 2.10 bits per heavy atom. The Morgan fingerprint density at radius 3 is 2.85 bits per heavy atom. The molecular formula is C16H22N2O2. The second-order valence-corrected chi connectivity index (χ2v) is 4.83. The maximum absolute atomic E-state index is 11.4. The fourth-order valence-electron chi connectivity index (χ4n) is 2.40. The van der Waals surface area contributed by atoms with E-state index in [-0.39, 0.29) is 5.97 Å². The number of fused-ring (bicyclic) bond motifs is 1. The summed E-state index contributed by atoms with van der Waals surface area (Å²) in [5.74, 6) is 0.992. The summed E-state index contributed by atoms with van der Waals surface area (Å²) in [6.07, 6.45) is 3.29. The minimum atomic E-state index is -0.117. The standard InChI is InChI=1S/C16H22N2O2/c1-3-8-15-17-13-9-5-6-10-14(13)18(15)12-7-11-16(19)20-4-2/h5-6,9-10H,3-4,7-8,11-12H2,1-2H3. The molecule has 20 heavy (non-hydrogen) atoms. The third kappa shape index (κ3) is 3.38. The fraction of sp³-hybridized carbons (Fsp3) is 0.500. The van der Waals surface area contributed by atoms with Crippen LogP contribution in [0.5, 0.6) is 0 Å². The van der Waals surface area contributed by atoms with Crippen molar-refractivity contribution < 1.29 is 9.53 Å². The van der Waals surface area contributed by atoms with Gasteiger partial charge in [0.05, 0.1) is 17.6 Å². The molecule has 0 aliphatic carbocycles. The summed E-state index contributed by atoms with van der Waals surface area (Å²) in [7, 11) is 0. The molecule has 0 amide bonds. The highest BCUT2D eigenvalue weighted by molar-refractivity contribution is 5.76. The molecule has 0 saturated heterocycles. The van der Waals surface area contributed by atoms with E-state index < -0.39 is 0 Å². The minimum absolute atomic E-state index is 0.117. The second kappa shape index (κ2) is 7.08. The van der Waals surface area contributed by atoms with Crippen molar-refractivity contribution in [2.45, 2.75) is 46.1 Å². The van der Waals surface area contributed by atoms with E-state index in [1.54, 1.807) is 0 Å². The van der Waals surface area contributed by atoms with Crippen molar-refractivity contribution in [3.8, 4) is 0 Å². The van der Waals surface area contributed by atoms with Gasteiger partial charge in [0.2, 0.25) is 0 Å². The number of hydrogen-bond donors (Lipinski definition) is 0. The SMILES string of the molecule is CCCc1nc2ccccc2n1CCCC(=O)OCC. The topological polar surface area (TPSA) is 44.1 Å². The van der Waals surface area contributed by atoms with Crippen molar-refractivity contribution in [1.29, 1.82) is 0 Å². The Bertz CT molecular complexity index is 575. The van der Waals surface area contributed by atoms with E-state index in [9.17, 15) is 4.79 Å². The van der Waals surface area contributed by atoms with E-state index in [0.717, 1.165) is 42.7 Å². The van der Waals surface area contributed by atoms with Gasteiger partial charge in [-0.05, 0) is 31.9 Å². The average Bonchev–Trinajstić information content (AvgIpc) is 2.78. The summed E-state index contributed by atoms with van der Waals surface area (Å²) in [5, 5.41) is 0. The van der Waals surface area contributed by atoms with Gasteiger partial charge in [-0.25, -0.2) is 4.98 Å². The van der Waals surface area contributed by atoms with Crippen LogP contribution in [-0.2, 0) is 22.5 Å². The van der Waals surface area contributed by atoms with Crippen molar-refractivity contribution in [3.63, 3.8) is 0 Å². The summed E-state index contributed by atoms with van der Waals surface area (Å²) in [6, 6.07) is 8.16. The molecule has 1 aromatic heterocycles. The Kier molecular flexibility index (Phi) is 5.16. The van der Waals surface area contributed by atoms with E-state index in [4.69, 9.17) is 4.74 Å². The molecule has 4 nitrogen and oxygen atoms in total. The van der Waals surface area contributed by atoms with Gasteiger partial charge in [0.25, 0.3) is 0 Å². The zero-order valence-corrected chi connectivity index (χ0v) is 12.3. The molecule has 0 bridgehead atoms. The molecule has 0 radical (unpaired) electrons. The lowest BCUT2D eigenvalue weighted by Gasteiger charge is -2.08. The molecule has 0 atom stereocenters. The zero-order chi connectivity index (χ0) is 14.4. The summed E-state index contributed by atoms with van der Waals surface area (Å²) in [6.45, 7) is 5.26. The fourth-order valence-corrected chi connectivity index (χ4v) is 2.40. The van der Waals surface area contributed by atoms with Crippen LogP contribution in [-0.4, -0.2) is 22.1 Å². The first-order valence-corrected chi connectivity index (χ1v) is 7.36. The molecule has 0 aliphatic rings. The number of imidazole rings is 1. The third-order valence-corrected chi connectivity index (χ3v) is 3.28. The van der Waals surface area contributed by atoms with Gasteiger partial charge in [-0.3, -0.25) is 4.79 Å². The smallest absolute Gasteiger partial charge is 0.305 e. The van der Waals surface area contributed by atoms with Gasteiger partial charge in [0.1, 0.15) is 5.82 Å². The summed E-state index contributed by atoms with van der Waals surface area (Å²) < 4.78 is 7.20. The number of rotatable bonds is 7. The first-order valence-electron chi connectivity index (χ1n) is 7.36. The van der Waals surface area contributed by atoms with Crippen molar-refractivity contribution in [2.24, 2.45) is 0 Å². The summed E-state index contributed by atoms with van der Waals surface area (Å²) in [4.78, 5) is 16.1. The van der Waals surface area contributed by atoms with Gasteiger partial charge >= 0.3 is 5.97 Å². The Balaban J connectivity index is 2.10. The molecule has 0 fully saturated rings. The van der Waals surface area contributed by atoms with Crippen LogP contribution in [0.25, 0.3) is 11.0 Å². The number of hydrogen-bond acceptors (Lipinski definition) is 3. The lowest BCUT2D eigenvalue weighted by molar-refractivity contribution is -0.143. The van der Waals surface area contributed by atoms with Crippen LogP contribution < -0.4 is 0 Å². The van der Waals surface area contributed by atoms with Crippen LogP contribution in [0.4, 0.5) is 0 Å². The first-order chi connectivity index (χ1) is 9.76. The molecule has 0 unspecified atom stereocenters. The largest absolute Gasteiger partial charge is 0.466 e. The molecule has 0 aliphatic heterocycles. The van der Waals surface area contributed by atoms with E-state index in [2.05, 4.69) is 22.5 Å². The van der Waals surface area contributed by atoms with Crippen LogP contribution in [0.2, 0.25) is 0 Å². The lowest BCUT2D eigenvalue weighted by atomic mass is 10.2. The minimum Gasteiger partial charge on any atom is -0.466 e. The van der Waals surface area contributed by atoms with Gasteiger partial charge in [0.15, 0.2) is 0 Å². The van der Waals surface area contributed by atoms with Crippen LogP contribution in [0.1, 0.15) is 38.9 Å². The molecule has 2 aromatic rings. The maximum Gasteiger partial charge on any atom is 0.305 e. The maximum atomic E-state index is 11.4. The lowest BCUT2D eigenvalue weighted by Crippen LogP contribution is -2.08. The number of para-hydroxylation sites is 2. The second-order valence-electron chi connectivity index (χ2n) is 4.83. The van der Waals surface area contributed by atoms with Gasteiger partial charge in [-0.2, -0.15) is 0 Å². The van der Waals surface area contributed by atoms with Crippen LogP contribution in [0.15, 0.2) is 24.3 Å². The van der Waals surface area contributed by atoms with Gasteiger partial charge in [0, 0.05) is 19.4 Å². The molecule has 0 saturated carbocycles. The monoisotopic (exact) mass is 274 g/mol. The normalized spacial score (nSPS) is 10.9. The molecule has 1 heterocycles. The van der Waals surface area contributed by atoms with Crippen LogP contribution >= 0.6 is 0 Å². The predicted octanol–water partition coefficient (Wildman–Crippen LogP) is 3.33. The van der Waals surface area contributed by atoms with Gasteiger partial charge < -0.3 is 9.30 Å². The molecule has 1 aromatic carbocycles. The van der Waals surface area contributed by atoms with E-state index in [1.165, 1.54) is 0 Å². The number of carbonyl (C=O) groups is 1. The molecular weight excluding hydrogens is 252 g/mol. The van der Waals surface area contributed by atoms with E-state index in [1.807, 2.05) is 25.1 Å². The number of carbonyl (C=O) groups excluding carboxylic acids is 1. The highest BCUT2D eigenvalue weighted by Crippen LogP contribution is 2.18. The van der Waals surface area contributed by atoms with E-state index >= 15 is 0 Å². The number of benzene rings is 1. The summed E-state index contributed by atoms with van der Waals surface area (Å²) in [5.41, 5.74) is 2.19. The Hall–Kier alpha value is -1.84.